The molecule has 6 nitrogen and oxygen atoms in total. The van der Waals surface area contributed by atoms with Crippen LogP contribution in [0, 0.1) is 0 Å². The lowest BCUT2D eigenvalue weighted by Crippen LogP contribution is -2.45. The molecule has 2 aliphatic rings. The second kappa shape index (κ2) is 10.0. The van der Waals surface area contributed by atoms with Crippen LogP contribution in [-0.2, 0) is 20.9 Å². The summed E-state index contributed by atoms with van der Waals surface area (Å²) in [7, 11) is 0. The topological polar surface area (TPSA) is 76.7 Å². The molecule has 4 atom stereocenters. The SMILES string of the molecule is CC1=CC(C(=O)Nc2ccc(N3CC(C)OC(C)C3)cc2)=CCC1N[S+]([O-])C(C)C. The van der Waals surface area contributed by atoms with E-state index in [1.807, 2.05) is 57.2 Å². The maximum absolute atomic E-state index is 12.7. The summed E-state index contributed by atoms with van der Waals surface area (Å²) in [6.45, 7) is 11.7. The van der Waals surface area contributed by atoms with E-state index < -0.39 is 11.4 Å². The minimum absolute atomic E-state index is 0.00220. The van der Waals surface area contributed by atoms with E-state index in [-0.39, 0.29) is 29.4 Å². The summed E-state index contributed by atoms with van der Waals surface area (Å²) in [6.07, 6.45) is 4.84. The van der Waals surface area contributed by atoms with Gasteiger partial charge in [0.2, 0.25) is 0 Å². The van der Waals surface area contributed by atoms with Crippen molar-refractivity contribution in [2.45, 2.75) is 64.5 Å². The molecule has 3 rings (SSSR count). The third-order valence-electron chi connectivity index (χ3n) is 5.36. The summed E-state index contributed by atoms with van der Waals surface area (Å²) in [5.41, 5.74) is 3.56. The molecule has 1 saturated heterocycles. The Balaban J connectivity index is 1.58. The minimum Gasteiger partial charge on any atom is -0.598 e. The number of anilines is 2. The molecule has 0 saturated carbocycles. The molecular formula is C23H33N3O3S. The number of rotatable bonds is 6. The molecule has 1 aromatic rings. The van der Waals surface area contributed by atoms with Crippen LogP contribution in [0.1, 0.15) is 41.0 Å². The minimum atomic E-state index is -1.09. The van der Waals surface area contributed by atoms with Crippen LogP contribution in [0.5, 0.6) is 0 Å². The molecule has 0 spiro atoms. The van der Waals surface area contributed by atoms with Crippen molar-refractivity contribution >= 4 is 28.6 Å². The van der Waals surface area contributed by atoms with Crippen LogP contribution in [0.25, 0.3) is 0 Å². The zero-order valence-electron chi connectivity index (χ0n) is 18.5. The molecule has 1 aliphatic carbocycles. The highest BCUT2D eigenvalue weighted by Gasteiger charge is 2.24. The Morgan fingerprint density at radius 3 is 2.40 bits per heavy atom. The van der Waals surface area contributed by atoms with Gasteiger partial charge in [0.05, 0.1) is 18.2 Å². The molecule has 2 N–H and O–H groups in total. The third-order valence-corrected chi connectivity index (χ3v) is 6.74. The van der Waals surface area contributed by atoms with Gasteiger partial charge in [-0.05, 0) is 71.4 Å². The lowest BCUT2D eigenvalue weighted by Gasteiger charge is -2.36. The Hall–Kier alpha value is -1.80. The first-order chi connectivity index (χ1) is 14.2. The van der Waals surface area contributed by atoms with E-state index in [9.17, 15) is 9.35 Å². The van der Waals surface area contributed by atoms with E-state index >= 15 is 0 Å². The molecule has 0 radical (unpaired) electrons. The molecule has 0 bridgehead atoms. The van der Waals surface area contributed by atoms with Crippen molar-refractivity contribution in [3.05, 3.63) is 47.6 Å². The molecule has 7 heteroatoms. The van der Waals surface area contributed by atoms with E-state index in [4.69, 9.17) is 4.74 Å². The number of carbonyl (C=O) groups is 1. The number of morpholine rings is 1. The summed E-state index contributed by atoms with van der Waals surface area (Å²) in [5, 5.41) is 3.03. The smallest absolute Gasteiger partial charge is 0.255 e. The number of nitrogens with zero attached hydrogens (tertiary/aromatic N) is 1. The molecule has 1 fully saturated rings. The maximum Gasteiger partial charge on any atom is 0.255 e. The number of nitrogens with one attached hydrogen (secondary N) is 2. The largest absolute Gasteiger partial charge is 0.598 e. The molecular weight excluding hydrogens is 398 g/mol. The highest BCUT2D eigenvalue weighted by Crippen LogP contribution is 2.24. The summed E-state index contributed by atoms with van der Waals surface area (Å²) in [5.74, 6) is -0.126. The molecule has 4 unspecified atom stereocenters. The van der Waals surface area contributed by atoms with Crippen molar-refractivity contribution in [3.63, 3.8) is 0 Å². The fourth-order valence-electron chi connectivity index (χ4n) is 3.76. The summed E-state index contributed by atoms with van der Waals surface area (Å²) >= 11 is -1.09. The Kier molecular flexibility index (Phi) is 7.63. The van der Waals surface area contributed by atoms with Gasteiger partial charge in [-0.1, -0.05) is 11.6 Å². The predicted octanol–water partition coefficient (Wildman–Crippen LogP) is 3.55. The number of amides is 1. The molecule has 164 valence electrons. The van der Waals surface area contributed by atoms with Crippen LogP contribution in [0.2, 0.25) is 0 Å². The first kappa shape index (κ1) is 22.9. The van der Waals surface area contributed by atoms with E-state index in [2.05, 4.69) is 28.8 Å². The number of hydrogen-bond donors (Lipinski definition) is 2. The van der Waals surface area contributed by atoms with E-state index in [1.54, 1.807) is 0 Å². The average Bonchev–Trinajstić information content (AvgIpc) is 2.69. The van der Waals surface area contributed by atoms with E-state index in [0.29, 0.717) is 12.0 Å². The molecule has 1 aliphatic heterocycles. The van der Waals surface area contributed by atoms with Crippen LogP contribution in [0.3, 0.4) is 0 Å². The van der Waals surface area contributed by atoms with Crippen molar-refractivity contribution < 1.29 is 14.1 Å². The third kappa shape index (κ3) is 5.88. The van der Waals surface area contributed by atoms with Gasteiger partial charge in [0.25, 0.3) is 5.91 Å². The van der Waals surface area contributed by atoms with Crippen molar-refractivity contribution in [3.8, 4) is 0 Å². The number of benzene rings is 1. The van der Waals surface area contributed by atoms with Crippen LogP contribution in [0.15, 0.2) is 47.6 Å². The van der Waals surface area contributed by atoms with Crippen LogP contribution >= 0.6 is 0 Å². The lowest BCUT2D eigenvalue weighted by atomic mass is 9.96. The average molecular weight is 432 g/mol. The quantitative estimate of drug-likeness (QED) is 0.674. The fourth-order valence-corrected chi connectivity index (χ4v) is 4.59. The van der Waals surface area contributed by atoms with Crippen molar-refractivity contribution in [2.24, 2.45) is 0 Å². The molecule has 1 amide bonds. The van der Waals surface area contributed by atoms with Gasteiger partial charge in [0, 0.05) is 41.4 Å². The second-order valence-corrected chi connectivity index (χ2v) is 10.2. The van der Waals surface area contributed by atoms with Crippen molar-refractivity contribution in [1.82, 2.24) is 4.72 Å². The van der Waals surface area contributed by atoms with E-state index in [1.165, 1.54) is 0 Å². The van der Waals surface area contributed by atoms with Gasteiger partial charge in [-0.25, -0.2) is 0 Å². The maximum atomic E-state index is 12.7. The van der Waals surface area contributed by atoms with Crippen LogP contribution in [0.4, 0.5) is 11.4 Å². The summed E-state index contributed by atoms with van der Waals surface area (Å²) in [6, 6.07) is 7.96. The first-order valence-corrected chi connectivity index (χ1v) is 11.8. The monoisotopic (exact) mass is 431 g/mol. The standard InChI is InChI=1S/C23H33N3O3S/c1-15(2)30(28)25-22-11-6-19(12-16(22)3)23(27)24-20-7-9-21(10-8-20)26-13-17(4)29-18(5)14-26/h6-10,12,15,17-18,22,25H,11,13-14H2,1-5H3,(H,24,27). The van der Waals surface area contributed by atoms with Crippen LogP contribution < -0.4 is 14.9 Å². The van der Waals surface area contributed by atoms with Crippen molar-refractivity contribution in [2.75, 3.05) is 23.3 Å². The van der Waals surface area contributed by atoms with Gasteiger partial charge < -0.3 is 19.5 Å². The normalized spacial score (nSPS) is 25.6. The zero-order valence-corrected chi connectivity index (χ0v) is 19.3. The molecule has 1 aromatic carbocycles. The Morgan fingerprint density at radius 1 is 1.20 bits per heavy atom. The van der Waals surface area contributed by atoms with E-state index in [0.717, 1.165) is 30.0 Å². The number of ether oxygens (including phenoxy) is 1. The summed E-state index contributed by atoms with van der Waals surface area (Å²) in [4.78, 5) is 15.0. The highest BCUT2D eigenvalue weighted by atomic mass is 32.2. The van der Waals surface area contributed by atoms with Gasteiger partial charge in [-0.2, -0.15) is 0 Å². The Morgan fingerprint density at radius 2 is 1.83 bits per heavy atom. The predicted molar refractivity (Wildman–Crippen MR) is 124 cm³/mol. The fraction of sp³-hybridized carbons (Fsp3) is 0.522. The van der Waals surface area contributed by atoms with Crippen molar-refractivity contribution in [1.29, 1.82) is 0 Å². The molecule has 0 aromatic heterocycles. The van der Waals surface area contributed by atoms with Crippen LogP contribution in [-0.4, -0.2) is 47.0 Å². The molecule has 30 heavy (non-hydrogen) atoms. The summed E-state index contributed by atoms with van der Waals surface area (Å²) < 4.78 is 21.0. The van der Waals surface area contributed by atoms with Gasteiger partial charge >= 0.3 is 0 Å². The van der Waals surface area contributed by atoms with Gasteiger partial charge in [-0.15, -0.1) is 4.72 Å². The Labute approximate surface area is 183 Å². The zero-order chi connectivity index (χ0) is 21.8. The highest BCUT2D eigenvalue weighted by molar-refractivity contribution is 7.90. The van der Waals surface area contributed by atoms with Gasteiger partial charge in [0.15, 0.2) is 0 Å². The van der Waals surface area contributed by atoms with Gasteiger partial charge in [0.1, 0.15) is 5.25 Å². The number of carbonyl (C=O) groups excluding carboxylic acids is 1. The Bertz CT molecular complexity index is 796. The molecule has 1 heterocycles. The first-order valence-electron chi connectivity index (χ1n) is 10.6. The van der Waals surface area contributed by atoms with Gasteiger partial charge in [-0.3, -0.25) is 4.79 Å². The lowest BCUT2D eigenvalue weighted by molar-refractivity contribution is -0.112. The second-order valence-electron chi connectivity index (χ2n) is 8.46. The number of hydrogen-bond acceptors (Lipinski definition) is 5.